The maximum atomic E-state index is 11.7. The van der Waals surface area contributed by atoms with Crippen LogP contribution in [0, 0.1) is 0 Å². The minimum absolute atomic E-state index is 0.261. The molecule has 180 valence electrons. The Hall–Kier alpha value is -2.32. The molecule has 0 radical (unpaired) electrons. The molecule has 1 aliphatic heterocycles. The third-order valence-electron chi connectivity index (χ3n) is 4.99. The second-order valence-electron chi connectivity index (χ2n) is 9.35. The molecule has 32 heavy (non-hydrogen) atoms. The van der Waals surface area contributed by atoms with Crippen molar-refractivity contribution < 1.29 is 14.3 Å². The van der Waals surface area contributed by atoms with Gasteiger partial charge in [-0.3, -0.25) is 9.89 Å². The topological polar surface area (TPSA) is 87.2 Å². The number of hydrogen-bond donors (Lipinski definition) is 3. The first-order valence-electron chi connectivity index (χ1n) is 11.5. The summed E-state index contributed by atoms with van der Waals surface area (Å²) < 4.78 is 11.1. The predicted molar refractivity (Wildman–Crippen MR) is 129 cm³/mol. The van der Waals surface area contributed by atoms with Crippen LogP contribution in [0.15, 0.2) is 29.3 Å². The monoisotopic (exact) mass is 447 g/mol. The lowest BCUT2D eigenvalue weighted by atomic mass is 10.1. The van der Waals surface area contributed by atoms with Gasteiger partial charge in [-0.05, 0) is 52.2 Å². The fourth-order valence-corrected chi connectivity index (χ4v) is 3.74. The van der Waals surface area contributed by atoms with Crippen molar-refractivity contribution in [2.45, 2.75) is 71.9 Å². The van der Waals surface area contributed by atoms with Gasteiger partial charge in [0.25, 0.3) is 0 Å². The van der Waals surface area contributed by atoms with E-state index in [0.29, 0.717) is 19.6 Å². The highest BCUT2D eigenvalue weighted by molar-refractivity contribution is 5.79. The van der Waals surface area contributed by atoms with Crippen molar-refractivity contribution in [2.24, 2.45) is 4.99 Å². The van der Waals surface area contributed by atoms with Gasteiger partial charge in [-0.2, -0.15) is 0 Å². The van der Waals surface area contributed by atoms with Gasteiger partial charge in [-0.15, -0.1) is 0 Å². The van der Waals surface area contributed by atoms with Crippen molar-refractivity contribution >= 4 is 12.1 Å². The van der Waals surface area contributed by atoms with Gasteiger partial charge in [0, 0.05) is 46.3 Å². The normalized spacial score (nSPS) is 20.0. The number of benzene rings is 1. The molecule has 1 saturated heterocycles. The number of aliphatic imine (C=N–C) groups is 1. The molecule has 1 aromatic rings. The molecule has 8 heteroatoms. The zero-order chi connectivity index (χ0) is 23.6. The summed E-state index contributed by atoms with van der Waals surface area (Å²) in [5.74, 6) is 0.741. The van der Waals surface area contributed by atoms with Crippen molar-refractivity contribution in [3.63, 3.8) is 0 Å². The van der Waals surface area contributed by atoms with Gasteiger partial charge in [0.1, 0.15) is 5.60 Å². The molecule has 3 N–H and O–H groups in total. The van der Waals surface area contributed by atoms with Crippen LogP contribution in [0.5, 0.6) is 0 Å². The smallest absolute Gasteiger partial charge is 0.407 e. The van der Waals surface area contributed by atoms with E-state index in [9.17, 15) is 4.79 Å². The SMILES string of the molecule is CN=C(NCCCNC(=O)OC(C)(C)C)NCc1ccccc1CN1CC(C)OC(C)C1. The minimum atomic E-state index is -0.483. The first kappa shape index (κ1) is 25.9. The van der Waals surface area contributed by atoms with Gasteiger partial charge in [0.05, 0.1) is 12.2 Å². The summed E-state index contributed by atoms with van der Waals surface area (Å²) in [7, 11) is 1.76. The average Bonchev–Trinajstić information content (AvgIpc) is 2.69. The predicted octanol–water partition coefficient (Wildman–Crippen LogP) is 2.88. The number of nitrogens with zero attached hydrogens (tertiary/aromatic N) is 2. The number of morpholine rings is 1. The quantitative estimate of drug-likeness (QED) is 0.323. The van der Waals surface area contributed by atoms with Gasteiger partial charge >= 0.3 is 6.09 Å². The molecule has 2 atom stereocenters. The number of carbonyl (C=O) groups is 1. The maximum Gasteiger partial charge on any atom is 0.407 e. The summed E-state index contributed by atoms with van der Waals surface area (Å²) >= 11 is 0. The van der Waals surface area contributed by atoms with E-state index in [1.54, 1.807) is 7.05 Å². The van der Waals surface area contributed by atoms with E-state index in [-0.39, 0.29) is 18.3 Å². The van der Waals surface area contributed by atoms with Crippen LogP contribution >= 0.6 is 0 Å². The third-order valence-corrected chi connectivity index (χ3v) is 4.99. The van der Waals surface area contributed by atoms with E-state index in [2.05, 4.69) is 64.0 Å². The molecular formula is C24H41N5O3. The summed E-state index contributed by atoms with van der Waals surface area (Å²) in [5.41, 5.74) is 2.09. The molecule has 0 bridgehead atoms. The Labute approximate surface area is 193 Å². The Balaban J connectivity index is 1.75. The number of alkyl carbamates (subject to hydrolysis) is 1. The van der Waals surface area contributed by atoms with E-state index >= 15 is 0 Å². The van der Waals surface area contributed by atoms with Crippen molar-refractivity contribution in [1.29, 1.82) is 0 Å². The molecule has 2 rings (SSSR count). The number of ether oxygens (including phenoxy) is 2. The maximum absolute atomic E-state index is 11.7. The lowest BCUT2D eigenvalue weighted by molar-refractivity contribution is -0.0705. The first-order chi connectivity index (χ1) is 15.2. The van der Waals surface area contributed by atoms with Gasteiger partial charge < -0.3 is 25.4 Å². The van der Waals surface area contributed by atoms with Crippen LogP contribution in [-0.4, -0.2) is 68.0 Å². The molecule has 1 amide bonds. The lowest BCUT2D eigenvalue weighted by Crippen LogP contribution is -2.45. The standard InChI is InChI=1S/C24H41N5O3/c1-18-15-29(16-19(2)31-18)17-21-11-8-7-10-20(21)14-28-22(25-6)26-12-9-13-27-23(30)32-24(3,4)5/h7-8,10-11,18-19H,9,12-17H2,1-6H3,(H,27,30)(H2,25,26,28). The van der Waals surface area contributed by atoms with Crippen LogP contribution in [0.25, 0.3) is 0 Å². The van der Waals surface area contributed by atoms with Crippen LogP contribution in [0.2, 0.25) is 0 Å². The van der Waals surface area contributed by atoms with Crippen molar-refractivity contribution in [3.8, 4) is 0 Å². The molecule has 0 aromatic heterocycles. The van der Waals surface area contributed by atoms with Gasteiger partial charge in [-0.25, -0.2) is 4.79 Å². The summed E-state index contributed by atoms with van der Waals surface area (Å²) in [4.78, 5) is 18.4. The average molecular weight is 448 g/mol. The van der Waals surface area contributed by atoms with E-state index in [0.717, 1.165) is 32.0 Å². The van der Waals surface area contributed by atoms with Gasteiger partial charge in [0.15, 0.2) is 5.96 Å². The number of rotatable bonds is 8. The second-order valence-corrected chi connectivity index (χ2v) is 9.35. The summed E-state index contributed by atoms with van der Waals surface area (Å²) in [6, 6.07) is 8.52. The van der Waals surface area contributed by atoms with Crippen LogP contribution in [0.1, 0.15) is 52.2 Å². The van der Waals surface area contributed by atoms with Crippen molar-refractivity contribution in [1.82, 2.24) is 20.9 Å². The Morgan fingerprint density at radius 2 is 1.72 bits per heavy atom. The lowest BCUT2D eigenvalue weighted by Gasteiger charge is -2.35. The molecule has 8 nitrogen and oxygen atoms in total. The Morgan fingerprint density at radius 3 is 2.34 bits per heavy atom. The third kappa shape index (κ3) is 9.87. The number of hydrogen-bond acceptors (Lipinski definition) is 5. The largest absolute Gasteiger partial charge is 0.444 e. The van der Waals surface area contributed by atoms with E-state index in [1.807, 2.05) is 20.8 Å². The summed E-state index contributed by atoms with van der Waals surface area (Å²) in [6.45, 7) is 14.6. The van der Waals surface area contributed by atoms with Crippen LogP contribution < -0.4 is 16.0 Å². The Kier molecular flexibility index (Phi) is 10.3. The van der Waals surface area contributed by atoms with Crippen LogP contribution in [-0.2, 0) is 22.6 Å². The van der Waals surface area contributed by atoms with Gasteiger partial charge in [-0.1, -0.05) is 24.3 Å². The summed E-state index contributed by atoms with van der Waals surface area (Å²) in [6.07, 6.45) is 0.902. The van der Waals surface area contributed by atoms with Crippen LogP contribution in [0.3, 0.4) is 0 Å². The second kappa shape index (κ2) is 12.6. The van der Waals surface area contributed by atoms with Crippen molar-refractivity contribution in [2.75, 3.05) is 33.2 Å². The van der Waals surface area contributed by atoms with E-state index < -0.39 is 5.60 Å². The van der Waals surface area contributed by atoms with Crippen LogP contribution in [0.4, 0.5) is 4.79 Å². The molecule has 0 saturated carbocycles. The molecule has 1 fully saturated rings. The number of amides is 1. The molecule has 0 aliphatic carbocycles. The Bertz CT molecular complexity index is 737. The minimum Gasteiger partial charge on any atom is -0.444 e. The number of guanidine groups is 1. The van der Waals surface area contributed by atoms with E-state index in [1.165, 1.54) is 11.1 Å². The molecule has 2 unspecified atom stereocenters. The zero-order valence-corrected chi connectivity index (χ0v) is 20.5. The fraction of sp³-hybridized carbons (Fsp3) is 0.667. The van der Waals surface area contributed by atoms with Gasteiger partial charge in [0.2, 0.25) is 0 Å². The summed E-state index contributed by atoms with van der Waals surface area (Å²) in [5, 5.41) is 9.46. The molecular weight excluding hydrogens is 406 g/mol. The number of carbonyl (C=O) groups excluding carboxylic acids is 1. The Morgan fingerprint density at radius 1 is 1.09 bits per heavy atom. The van der Waals surface area contributed by atoms with Crippen molar-refractivity contribution in [3.05, 3.63) is 35.4 Å². The highest BCUT2D eigenvalue weighted by Crippen LogP contribution is 2.17. The van der Waals surface area contributed by atoms with E-state index in [4.69, 9.17) is 9.47 Å². The highest BCUT2D eigenvalue weighted by atomic mass is 16.6. The highest BCUT2D eigenvalue weighted by Gasteiger charge is 2.22. The molecule has 1 aliphatic rings. The molecule has 1 aromatic carbocycles. The first-order valence-corrected chi connectivity index (χ1v) is 11.5. The zero-order valence-electron chi connectivity index (χ0n) is 20.5. The fourth-order valence-electron chi connectivity index (χ4n) is 3.74. The number of nitrogens with one attached hydrogen (secondary N) is 3. The molecule has 1 heterocycles. The molecule has 0 spiro atoms.